The van der Waals surface area contributed by atoms with Crippen molar-refractivity contribution in [3.63, 3.8) is 0 Å². The average Bonchev–Trinajstić information content (AvgIpc) is 2.64. The van der Waals surface area contributed by atoms with Gasteiger partial charge in [-0.25, -0.2) is 0 Å². The zero-order chi connectivity index (χ0) is 22.7. The monoisotopic (exact) mass is 422 g/mol. The Morgan fingerprint density at radius 3 is 1.79 bits per heavy atom. The molecule has 0 bridgehead atoms. The first kappa shape index (κ1) is 30.6. The van der Waals surface area contributed by atoms with Crippen LogP contribution in [0.15, 0.2) is 35.0 Å². The van der Waals surface area contributed by atoms with Crippen molar-refractivity contribution in [2.75, 3.05) is 7.05 Å². The molecule has 0 spiro atoms. The Morgan fingerprint density at radius 2 is 1.54 bits per heavy atom. The Morgan fingerprint density at radius 1 is 1.18 bits per heavy atom. The molecular weight excluding hydrogens is 391 g/mol. The molecule has 28 heavy (non-hydrogen) atoms. The van der Waals surface area contributed by atoms with Crippen LogP contribution in [-0.4, -0.2) is 28.5 Å². The molecule has 0 radical (unpaired) electrons. The van der Waals surface area contributed by atoms with Crippen LogP contribution in [0.25, 0.3) is 0 Å². The van der Waals surface area contributed by atoms with Crippen molar-refractivity contribution in [1.29, 1.82) is 5.26 Å². The summed E-state index contributed by atoms with van der Waals surface area (Å²) in [6.45, 7) is 11.7. The van der Waals surface area contributed by atoms with Crippen LogP contribution in [0.3, 0.4) is 0 Å². The number of hydrogen-bond acceptors (Lipinski definition) is 3. The van der Waals surface area contributed by atoms with Gasteiger partial charge < -0.3 is 10.0 Å². The fourth-order valence-electron chi connectivity index (χ4n) is 1.42. The topological polar surface area (TPSA) is 47.3 Å². The second kappa shape index (κ2) is 19.7. The summed E-state index contributed by atoms with van der Waals surface area (Å²) in [4.78, 5) is 2.06. The number of benzene rings is 1. The second-order valence-corrected chi connectivity index (χ2v) is 6.99. The van der Waals surface area contributed by atoms with Crippen LogP contribution in [0.5, 0.6) is 0 Å². The van der Waals surface area contributed by atoms with E-state index in [2.05, 4.69) is 54.4 Å². The maximum Gasteiger partial charge on any atom is 0.111 e. The van der Waals surface area contributed by atoms with E-state index < -0.39 is 6.10 Å². The Labute approximate surface area is 182 Å². The first-order chi connectivity index (χ1) is 13.0. The fourth-order valence-corrected chi connectivity index (χ4v) is 1.48. The summed E-state index contributed by atoms with van der Waals surface area (Å²) in [6.07, 6.45) is 8.87. The molecule has 154 valence electrons. The average molecular weight is 423 g/mol. The molecule has 3 nitrogen and oxygen atoms in total. The zero-order valence-electron chi connectivity index (χ0n) is 17.9. The smallest absolute Gasteiger partial charge is 0.111 e. The van der Waals surface area contributed by atoms with Crippen molar-refractivity contribution in [2.45, 2.75) is 59.6 Å². The summed E-state index contributed by atoms with van der Waals surface area (Å²) in [7, 11) is 2.01. The third-order valence-electron chi connectivity index (χ3n) is 2.76. The lowest BCUT2D eigenvalue weighted by molar-refractivity contribution is 0.253. The highest BCUT2D eigenvalue weighted by Crippen LogP contribution is 2.16. The molecule has 1 aromatic carbocycles. The van der Waals surface area contributed by atoms with E-state index in [1.54, 1.807) is 19.9 Å². The number of terminal acetylenes is 2. The Hall–Kier alpha value is -2.09. The van der Waals surface area contributed by atoms with Gasteiger partial charge in [0.25, 0.3) is 0 Å². The van der Waals surface area contributed by atoms with Gasteiger partial charge in [0.2, 0.25) is 0 Å². The van der Waals surface area contributed by atoms with Crippen LogP contribution < -0.4 is 0 Å². The van der Waals surface area contributed by atoms with E-state index in [0.717, 1.165) is 17.3 Å². The molecule has 2 atom stereocenters. The van der Waals surface area contributed by atoms with Crippen LogP contribution in [0.2, 0.25) is 0 Å². The summed E-state index contributed by atoms with van der Waals surface area (Å²) < 4.78 is 0. The number of allylic oxidation sites excluding steroid dienone is 1. The third kappa shape index (κ3) is 22.0. The molecule has 5 heteroatoms. The molecule has 1 N–H and O–H groups in total. The van der Waals surface area contributed by atoms with Gasteiger partial charge in [0.05, 0.1) is 11.4 Å². The zero-order valence-corrected chi connectivity index (χ0v) is 19.4. The van der Waals surface area contributed by atoms with E-state index in [4.69, 9.17) is 40.0 Å². The summed E-state index contributed by atoms with van der Waals surface area (Å²) in [6, 6.07) is 10.3. The standard InChI is InChI=1S/C13H18ClN.C4H5Cl.C4H6O.C2H3N/c1-10(2)13(14)15(4)9-12-7-5-11(3)6-8-12;2*1-3-4(2)5;1-2-3/h5-8H,9H2,1-4H3;1,4H,2H3;1,4-5H,2H3;1H3. The Kier molecular flexibility index (Phi) is 21.5. The summed E-state index contributed by atoms with van der Waals surface area (Å²) in [5, 5.41) is 16.2. The van der Waals surface area contributed by atoms with Gasteiger partial charge in [-0.1, -0.05) is 53.3 Å². The van der Waals surface area contributed by atoms with Crippen LogP contribution >= 0.6 is 23.2 Å². The van der Waals surface area contributed by atoms with E-state index >= 15 is 0 Å². The molecule has 0 saturated heterocycles. The Bertz CT molecular complexity index is 651. The SMILES string of the molecule is C#CC(C)Cl.C#CC(C)O.CC#N.CC(C)=C(Cl)N(C)Cc1ccc(C)cc1. The summed E-state index contributed by atoms with van der Waals surface area (Å²) in [5.74, 6) is 4.38. The van der Waals surface area contributed by atoms with Gasteiger partial charge in [-0.05, 0) is 45.8 Å². The molecule has 2 unspecified atom stereocenters. The van der Waals surface area contributed by atoms with Crippen molar-refractivity contribution in [3.8, 4) is 30.8 Å². The van der Waals surface area contributed by atoms with Crippen molar-refractivity contribution < 1.29 is 5.11 Å². The lowest BCUT2D eigenvalue weighted by atomic mass is 10.1. The number of alkyl halides is 1. The van der Waals surface area contributed by atoms with Gasteiger partial charge in [0, 0.05) is 20.5 Å². The number of aliphatic hydroxyl groups excluding tert-OH is 1. The van der Waals surface area contributed by atoms with E-state index in [1.165, 1.54) is 18.1 Å². The van der Waals surface area contributed by atoms with Crippen LogP contribution in [0, 0.1) is 42.9 Å². The minimum atomic E-state index is -0.588. The van der Waals surface area contributed by atoms with E-state index in [1.807, 2.05) is 20.9 Å². The van der Waals surface area contributed by atoms with Gasteiger partial charge in [0.1, 0.15) is 11.3 Å². The van der Waals surface area contributed by atoms with Gasteiger partial charge in [-0.3, -0.25) is 0 Å². The van der Waals surface area contributed by atoms with Crippen LogP contribution in [0.1, 0.15) is 45.7 Å². The number of hydrogen-bond donors (Lipinski definition) is 1. The highest BCUT2D eigenvalue weighted by atomic mass is 35.5. The van der Waals surface area contributed by atoms with Gasteiger partial charge in [-0.15, -0.1) is 24.4 Å². The van der Waals surface area contributed by atoms with E-state index in [0.29, 0.717) is 0 Å². The molecular formula is C23H32Cl2N2O. The predicted octanol–water partition coefficient (Wildman–Crippen LogP) is 5.69. The maximum absolute atomic E-state index is 8.12. The van der Waals surface area contributed by atoms with E-state index in [9.17, 15) is 0 Å². The Balaban J connectivity index is -0.000000395. The lowest BCUT2D eigenvalue weighted by Crippen LogP contribution is -2.14. The molecule has 1 rings (SSSR count). The van der Waals surface area contributed by atoms with Gasteiger partial charge >= 0.3 is 0 Å². The number of rotatable bonds is 3. The number of aliphatic hydroxyl groups is 1. The maximum atomic E-state index is 8.12. The van der Waals surface area contributed by atoms with Crippen LogP contribution in [-0.2, 0) is 6.54 Å². The fraction of sp³-hybridized carbons (Fsp3) is 0.435. The van der Waals surface area contributed by atoms with E-state index in [-0.39, 0.29) is 5.38 Å². The number of nitriles is 1. The highest BCUT2D eigenvalue weighted by molar-refractivity contribution is 6.29. The normalized spacial score (nSPS) is 10.2. The van der Waals surface area contributed by atoms with Crippen LogP contribution in [0.4, 0.5) is 0 Å². The molecule has 0 saturated carbocycles. The number of aryl methyl sites for hydroxylation is 1. The first-order valence-corrected chi connectivity index (χ1v) is 9.42. The van der Waals surface area contributed by atoms with Crippen molar-refractivity contribution in [1.82, 2.24) is 4.90 Å². The predicted molar refractivity (Wildman–Crippen MR) is 123 cm³/mol. The molecule has 0 fully saturated rings. The minimum Gasteiger partial charge on any atom is -0.381 e. The quantitative estimate of drug-likeness (QED) is 0.386. The highest BCUT2D eigenvalue weighted by Gasteiger charge is 2.03. The largest absolute Gasteiger partial charge is 0.381 e. The number of halogens is 2. The van der Waals surface area contributed by atoms with Crippen molar-refractivity contribution >= 4 is 23.2 Å². The molecule has 0 aromatic heterocycles. The summed E-state index contributed by atoms with van der Waals surface area (Å²) in [5.41, 5.74) is 3.71. The first-order valence-electron chi connectivity index (χ1n) is 8.61. The second-order valence-electron chi connectivity index (χ2n) is 5.98. The molecule has 1 aromatic rings. The lowest BCUT2D eigenvalue weighted by Gasteiger charge is -2.19. The number of nitrogens with zero attached hydrogens (tertiary/aromatic N) is 2. The molecule has 0 aliphatic carbocycles. The molecule has 0 aliphatic rings. The molecule has 0 amide bonds. The summed E-state index contributed by atoms with van der Waals surface area (Å²) >= 11 is 11.4. The molecule has 0 heterocycles. The minimum absolute atomic E-state index is 0.116. The van der Waals surface area contributed by atoms with Gasteiger partial charge in [-0.2, -0.15) is 5.26 Å². The van der Waals surface area contributed by atoms with Crippen molar-refractivity contribution in [3.05, 3.63) is 46.1 Å². The third-order valence-corrected chi connectivity index (χ3v) is 3.55. The van der Waals surface area contributed by atoms with Gasteiger partial charge in [0.15, 0.2) is 0 Å². The van der Waals surface area contributed by atoms with Crippen molar-refractivity contribution in [2.24, 2.45) is 0 Å². The molecule has 0 aliphatic heterocycles.